The van der Waals surface area contributed by atoms with Crippen molar-refractivity contribution in [1.29, 1.82) is 0 Å². The van der Waals surface area contributed by atoms with Gasteiger partial charge in [0.05, 0.1) is 18.7 Å². The lowest BCUT2D eigenvalue weighted by Crippen LogP contribution is -2.40. The number of rotatable bonds is 6. The number of likely N-dealkylation sites (tertiary alicyclic amines) is 1. The summed E-state index contributed by atoms with van der Waals surface area (Å²) in [5.74, 6) is 1.13. The third-order valence-corrected chi connectivity index (χ3v) is 4.91. The molecule has 0 aliphatic carbocycles. The van der Waals surface area contributed by atoms with E-state index in [1.807, 2.05) is 43.0 Å². The zero-order chi connectivity index (χ0) is 19.2. The van der Waals surface area contributed by atoms with Crippen LogP contribution in [0.15, 0.2) is 34.9 Å². The molecule has 2 heterocycles. The third-order valence-electron chi connectivity index (χ3n) is 4.91. The Kier molecular flexibility index (Phi) is 6.27. The molecule has 0 unspecified atom stereocenters. The molecule has 0 saturated carbocycles. The lowest BCUT2D eigenvalue weighted by Gasteiger charge is -2.30. The van der Waals surface area contributed by atoms with Crippen LogP contribution in [0.5, 0.6) is 0 Å². The first-order valence-electron chi connectivity index (χ1n) is 9.53. The van der Waals surface area contributed by atoms with Crippen LogP contribution in [0.2, 0.25) is 0 Å². The average molecular weight is 370 g/mol. The average Bonchev–Trinajstić information content (AvgIpc) is 3.16. The molecule has 6 nitrogen and oxygen atoms in total. The van der Waals surface area contributed by atoms with E-state index in [1.165, 1.54) is 5.56 Å². The highest BCUT2D eigenvalue weighted by Gasteiger charge is 2.28. The summed E-state index contributed by atoms with van der Waals surface area (Å²) in [5, 5.41) is 0. The molecule has 0 radical (unpaired) electrons. The highest BCUT2D eigenvalue weighted by molar-refractivity contribution is 5.77. The van der Waals surface area contributed by atoms with Gasteiger partial charge in [0, 0.05) is 31.5 Å². The largest absolute Gasteiger partial charge is 0.466 e. The van der Waals surface area contributed by atoms with Crippen LogP contribution in [-0.4, -0.2) is 41.5 Å². The minimum atomic E-state index is -0.145. The Balaban J connectivity index is 1.47. The Hall–Kier alpha value is -2.63. The molecule has 0 spiro atoms. The fourth-order valence-electron chi connectivity index (χ4n) is 3.27. The molecule has 1 aliphatic rings. The molecule has 1 aromatic carbocycles. The van der Waals surface area contributed by atoms with Crippen molar-refractivity contribution in [1.82, 2.24) is 9.88 Å². The number of carbonyl (C=O) groups excluding carboxylic acids is 2. The van der Waals surface area contributed by atoms with E-state index in [1.54, 1.807) is 6.20 Å². The van der Waals surface area contributed by atoms with Crippen molar-refractivity contribution >= 4 is 11.9 Å². The van der Waals surface area contributed by atoms with Crippen molar-refractivity contribution in [3.05, 3.63) is 41.9 Å². The molecule has 3 rings (SSSR count). The summed E-state index contributed by atoms with van der Waals surface area (Å²) in [6.45, 7) is 5.45. The summed E-state index contributed by atoms with van der Waals surface area (Å²) in [4.78, 5) is 30.3. The van der Waals surface area contributed by atoms with Gasteiger partial charge in [0.2, 0.25) is 5.91 Å². The minimum absolute atomic E-state index is 0.0763. The number of benzene rings is 1. The maximum atomic E-state index is 12.4. The fourth-order valence-corrected chi connectivity index (χ4v) is 3.27. The van der Waals surface area contributed by atoms with E-state index in [9.17, 15) is 9.59 Å². The third kappa shape index (κ3) is 4.96. The zero-order valence-electron chi connectivity index (χ0n) is 15.9. The van der Waals surface area contributed by atoms with Crippen molar-refractivity contribution in [2.45, 2.75) is 39.5 Å². The van der Waals surface area contributed by atoms with Crippen molar-refractivity contribution in [2.24, 2.45) is 5.92 Å². The van der Waals surface area contributed by atoms with Crippen LogP contribution in [0.4, 0.5) is 0 Å². The van der Waals surface area contributed by atoms with Gasteiger partial charge < -0.3 is 14.1 Å². The quantitative estimate of drug-likeness (QED) is 0.729. The smallest absolute Gasteiger partial charge is 0.309 e. The van der Waals surface area contributed by atoms with Crippen LogP contribution in [0.25, 0.3) is 11.3 Å². The Bertz CT molecular complexity index is 774. The monoisotopic (exact) mass is 370 g/mol. The molecule has 1 aromatic heterocycles. The lowest BCUT2D eigenvalue weighted by atomic mass is 9.97. The number of carbonyl (C=O) groups is 2. The Labute approximate surface area is 159 Å². The normalized spacial score (nSPS) is 15.0. The molecule has 1 fully saturated rings. The van der Waals surface area contributed by atoms with E-state index in [2.05, 4.69) is 4.98 Å². The maximum Gasteiger partial charge on any atom is 0.309 e. The van der Waals surface area contributed by atoms with Crippen molar-refractivity contribution in [3.8, 4) is 11.3 Å². The first kappa shape index (κ1) is 19.1. The second-order valence-electron chi connectivity index (χ2n) is 6.89. The molecule has 1 saturated heterocycles. The first-order chi connectivity index (χ1) is 13.1. The minimum Gasteiger partial charge on any atom is -0.466 e. The second-order valence-corrected chi connectivity index (χ2v) is 6.89. The number of aromatic nitrogens is 1. The number of hydrogen-bond acceptors (Lipinski definition) is 5. The summed E-state index contributed by atoms with van der Waals surface area (Å²) in [7, 11) is 0. The number of hydrogen-bond donors (Lipinski definition) is 0. The second kappa shape index (κ2) is 8.84. The SMILES string of the molecule is CCOC(=O)C1CCN(C(=O)CCc2ncc(-c3ccc(C)cc3)o2)CC1. The molecule has 1 aliphatic heterocycles. The van der Waals surface area contributed by atoms with Crippen molar-refractivity contribution in [3.63, 3.8) is 0 Å². The van der Waals surface area contributed by atoms with E-state index in [4.69, 9.17) is 9.15 Å². The number of aryl methyl sites for hydroxylation is 2. The van der Waals surface area contributed by atoms with Crippen molar-refractivity contribution in [2.75, 3.05) is 19.7 Å². The Morgan fingerprint density at radius 3 is 2.59 bits per heavy atom. The molecule has 2 aromatic rings. The zero-order valence-corrected chi connectivity index (χ0v) is 15.9. The molecular weight excluding hydrogens is 344 g/mol. The van der Waals surface area contributed by atoms with Gasteiger partial charge in [0.15, 0.2) is 11.7 Å². The van der Waals surface area contributed by atoms with Crippen molar-refractivity contribution < 1.29 is 18.7 Å². The standard InChI is InChI=1S/C21H26N2O4/c1-3-26-21(25)17-10-12-23(13-11-17)20(24)9-8-19-22-14-18(27-19)16-6-4-15(2)5-7-16/h4-7,14,17H,3,8-13H2,1-2H3. The molecule has 0 atom stereocenters. The Morgan fingerprint density at radius 2 is 1.93 bits per heavy atom. The van der Waals surface area contributed by atoms with Gasteiger partial charge in [-0.25, -0.2) is 4.98 Å². The topological polar surface area (TPSA) is 72.6 Å². The number of amides is 1. The number of esters is 1. The van der Waals surface area contributed by atoms with Crippen LogP contribution in [0.1, 0.15) is 37.6 Å². The molecular formula is C21H26N2O4. The number of ether oxygens (including phenoxy) is 1. The van der Waals surface area contributed by atoms with E-state index in [0.29, 0.717) is 57.0 Å². The predicted octanol–water partition coefficient (Wildman–Crippen LogP) is 3.38. The van der Waals surface area contributed by atoms with Gasteiger partial charge in [0.25, 0.3) is 0 Å². The highest BCUT2D eigenvalue weighted by Crippen LogP contribution is 2.22. The maximum absolute atomic E-state index is 12.4. The van der Waals surface area contributed by atoms with Gasteiger partial charge in [-0.2, -0.15) is 0 Å². The van der Waals surface area contributed by atoms with Gasteiger partial charge in [-0.3, -0.25) is 9.59 Å². The molecule has 6 heteroatoms. The molecule has 144 valence electrons. The first-order valence-corrected chi connectivity index (χ1v) is 9.53. The molecule has 27 heavy (non-hydrogen) atoms. The predicted molar refractivity (Wildman–Crippen MR) is 101 cm³/mol. The van der Waals surface area contributed by atoms with Crippen LogP contribution >= 0.6 is 0 Å². The van der Waals surface area contributed by atoms with Gasteiger partial charge in [-0.05, 0) is 26.7 Å². The van der Waals surface area contributed by atoms with Crippen LogP contribution in [0, 0.1) is 12.8 Å². The van der Waals surface area contributed by atoms with Crippen LogP contribution in [-0.2, 0) is 20.7 Å². The molecule has 0 bridgehead atoms. The molecule has 1 amide bonds. The summed E-state index contributed by atoms with van der Waals surface area (Å²) >= 11 is 0. The number of piperidine rings is 1. The summed E-state index contributed by atoms with van der Waals surface area (Å²) in [5.41, 5.74) is 2.17. The van der Waals surface area contributed by atoms with E-state index >= 15 is 0 Å². The molecule has 0 N–H and O–H groups in total. The lowest BCUT2D eigenvalue weighted by molar-refractivity contribution is -0.151. The van der Waals surface area contributed by atoms with Gasteiger partial charge in [-0.15, -0.1) is 0 Å². The summed E-state index contributed by atoms with van der Waals surface area (Å²) in [6.07, 6.45) is 3.87. The van der Waals surface area contributed by atoms with Crippen LogP contribution < -0.4 is 0 Å². The fraction of sp³-hybridized carbons (Fsp3) is 0.476. The van der Waals surface area contributed by atoms with Gasteiger partial charge in [0.1, 0.15) is 0 Å². The number of oxazole rings is 1. The Morgan fingerprint density at radius 1 is 1.22 bits per heavy atom. The van der Waals surface area contributed by atoms with E-state index in [-0.39, 0.29) is 17.8 Å². The van der Waals surface area contributed by atoms with Gasteiger partial charge in [-0.1, -0.05) is 29.8 Å². The summed E-state index contributed by atoms with van der Waals surface area (Å²) < 4.78 is 10.8. The van der Waals surface area contributed by atoms with E-state index < -0.39 is 0 Å². The van der Waals surface area contributed by atoms with E-state index in [0.717, 1.165) is 5.56 Å². The van der Waals surface area contributed by atoms with Crippen LogP contribution in [0.3, 0.4) is 0 Å². The number of nitrogens with zero attached hydrogens (tertiary/aromatic N) is 2. The summed E-state index contributed by atoms with van der Waals surface area (Å²) in [6, 6.07) is 8.05. The van der Waals surface area contributed by atoms with Gasteiger partial charge >= 0.3 is 5.97 Å². The highest BCUT2D eigenvalue weighted by atomic mass is 16.5.